The Morgan fingerprint density at radius 1 is 1.50 bits per heavy atom. The van der Waals surface area contributed by atoms with Gasteiger partial charge in [0.25, 0.3) is 0 Å². The van der Waals surface area contributed by atoms with Crippen LogP contribution in [-0.2, 0) is 13.6 Å². The number of oxazole rings is 1. The highest BCUT2D eigenvalue weighted by molar-refractivity contribution is 5.58. The summed E-state index contributed by atoms with van der Waals surface area (Å²) in [6.45, 7) is 2.30. The van der Waals surface area contributed by atoms with Crippen LogP contribution in [-0.4, -0.2) is 14.8 Å². The lowest BCUT2D eigenvalue weighted by molar-refractivity contribution is 0.509. The summed E-state index contributed by atoms with van der Waals surface area (Å²) >= 11 is 0. The molecule has 0 aliphatic carbocycles. The molecule has 2 aromatic rings. The van der Waals surface area contributed by atoms with Crippen LogP contribution in [0.3, 0.4) is 0 Å². The van der Waals surface area contributed by atoms with Crippen LogP contribution in [0.25, 0.3) is 11.3 Å². The third-order valence-corrected chi connectivity index (χ3v) is 2.23. The number of hydrogen-bond acceptors (Lipinski definition) is 4. The van der Waals surface area contributed by atoms with Gasteiger partial charge in [0.05, 0.1) is 24.5 Å². The van der Waals surface area contributed by atoms with Gasteiger partial charge < -0.3 is 10.2 Å². The fraction of sp³-hybridized carbons (Fsp3) is 0.333. The topological polar surface area (TPSA) is 69.9 Å². The standard InChI is InChI=1S/C9H12N4O/c1-6-7(4-12-13(6)2)8-5-11-9(3-10)14-8/h4-5H,3,10H2,1-2H3. The first-order valence-corrected chi connectivity index (χ1v) is 4.36. The molecule has 0 spiro atoms. The Morgan fingerprint density at radius 2 is 2.29 bits per heavy atom. The molecule has 0 aliphatic rings. The fourth-order valence-corrected chi connectivity index (χ4v) is 1.27. The highest BCUT2D eigenvalue weighted by atomic mass is 16.4. The lowest BCUT2D eigenvalue weighted by Gasteiger charge is -1.95. The van der Waals surface area contributed by atoms with E-state index in [0.717, 1.165) is 17.0 Å². The summed E-state index contributed by atoms with van der Waals surface area (Å²) in [5, 5.41) is 4.13. The highest BCUT2D eigenvalue weighted by Gasteiger charge is 2.10. The molecule has 0 saturated heterocycles. The molecule has 0 radical (unpaired) electrons. The highest BCUT2D eigenvalue weighted by Crippen LogP contribution is 2.22. The van der Waals surface area contributed by atoms with Crippen molar-refractivity contribution in [2.75, 3.05) is 0 Å². The first kappa shape index (κ1) is 8.96. The lowest BCUT2D eigenvalue weighted by Crippen LogP contribution is -1.94. The minimum atomic E-state index is 0.319. The lowest BCUT2D eigenvalue weighted by atomic mass is 10.2. The van der Waals surface area contributed by atoms with Crippen LogP contribution in [0.15, 0.2) is 16.8 Å². The van der Waals surface area contributed by atoms with Crippen molar-refractivity contribution in [2.45, 2.75) is 13.5 Å². The Bertz CT molecular complexity index is 443. The second kappa shape index (κ2) is 3.26. The maximum Gasteiger partial charge on any atom is 0.208 e. The van der Waals surface area contributed by atoms with E-state index >= 15 is 0 Å². The second-order valence-corrected chi connectivity index (χ2v) is 3.09. The van der Waals surface area contributed by atoms with Crippen LogP contribution >= 0.6 is 0 Å². The van der Waals surface area contributed by atoms with Gasteiger partial charge >= 0.3 is 0 Å². The van der Waals surface area contributed by atoms with Gasteiger partial charge in [-0.25, -0.2) is 4.98 Å². The van der Waals surface area contributed by atoms with Crippen LogP contribution < -0.4 is 5.73 Å². The van der Waals surface area contributed by atoms with E-state index in [-0.39, 0.29) is 0 Å². The molecule has 2 rings (SSSR count). The summed E-state index contributed by atoms with van der Waals surface area (Å²) in [7, 11) is 1.89. The van der Waals surface area contributed by atoms with Crippen LogP contribution in [0.1, 0.15) is 11.6 Å². The van der Waals surface area contributed by atoms with Crippen molar-refractivity contribution in [3.8, 4) is 11.3 Å². The zero-order valence-electron chi connectivity index (χ0n) is 8.19. The van der Waals surface area contributed by atoms with Crippen LogP contribution in [0.4, 0.5) is 0 Å². The van der Waals surface area contributed by atoms with Gasteiger partial charge in [-0.2, -0.15) is 5.10 Å². The molecule has 0 aliphatic heterocycles. The smallest absolute Gasteiger partial charge is 0.208 e. The number of nitrogens with two attached hydrogens (primary N) is 1. The largest absolute Gasteiger partial charge is 0.439 e. The van der Waals surface area contributed by atoms with Crippen LogP contribution in [0, 0.1) is 6.92 Å². The van der Waals surface area contributed by atoms with Crippen molar-refractivity contribution in [3.63, 3.8) is 0 Å². The van der Waals surface area contributed by atoms with Crippen molar-refractivity contribution in [1.29, 1.82) is 0 Å². The van der Waals surface area contributed by atoms with Gasteiger partial charge in [-0.1, -0.05) is 0 Å². The van der Waals surface area contributed by atoms with Gasteiger partial charge in [-0.3, -0.25) is 4.68 Å². The molecule has 0 saturated carbocycles. The monoisotopic (exact) mass is 192 g/mol. The quantitative estimate of drug-likeness (QED) is 0.765. The maximum absolute atomic E-state index is 5.42. The van der Waals surface area contributed by atoms with Gasteiger partial charge in [0.1, 0.15) is 0 Å². The third-order valence-electron chi connectivity index (χ3n) is 2.23. The summed E-state index contributed by atoms with van der Waals surface area (Å²) in [5.74, 6) is 1.26. The van der Waals surface area contributed by atoms with E-state index in [1.807, 2.05) is 14.0 Å². The van der Waals surface area contributed by atoms with E-state index in [9.17, 15) is 0 Å². The summed E-state index contributed by atoms with van der Waals surface area (Å²) in [6, 6.07) is 0. The van der Waals surface area contributed by atoms with Crippen LogP contribution in [0.5, 0.6) is 0 Å². The van der Waals surface area contributed by atoms with Crippen molar-refractivity contribution in [3.05, 3.63) is 24.0 Å². The minimum absolute atomic E-state index is 0.319. The van der Waals surface area contributed by atoms with E-state index in [1.54, 1.807) is 17.1 Å². The Labute approximate surface area is 81.5 Å². The van der Waals surface area contributed by atoms with E-state index in [0.29, 0.717) is 12.4 Å². The average molecular weight is 192 g/mol. The molecule has 14 heavy (non-hydrogen) atoms. The first-order valence-electron chi connectivity index (χ1n) is 4.36. The maximum atomic E-state index is 5.42. The molecular formula is C9H12N4O. The SMILES string of the molecule is Cc1c(-c2cnc(CN)o2)cnn1C. The number of hydrogen-bond donors (Lipinski definition) is 1. The third kappa shape index (κ3) is 1.31. The number of rotatable bonds is 2. The van der Waals surface area contributed by atoms with Gasteiger partial charge in [0, 0.05) is 12.7 Å². The molecule has 0 amide bonds. The van der Waals surface area contributed by atoms with Crippen molar-refractivity contribution < 1.29 is 4.42 Å². The fourth-order valence-electron chi connectivity index (χ4n) is 1.27. The Balaban J connectivity index is 2.44. The van der Waals surface area contributed by atoms with Gasteiger partial charge in [-0.15, -0.1) is 0 Å². The average Bonchev–Trinajstić information content (AvgIpc) is 2.75. The van der Waals surface area contributed by atoms with E-state index < -0.39 is 0 Å². The summed E-state index contributed by atoms with van der Waals surface area (Å²) in [5.41, 5.74) is 7.41. The number of aromatic nitrogens is 3. The zero-order chi connectivity index (χ0) is 10.1. The van der Waals surface area contributed by atoms with E-state index in [2.05, 4.69) is 10.1 Å². The predicted molar refractivity (Wildman–Crippen MR) is 51.3 cm³/mol. The minimum Gasteiger partial charge on any atom is -0.439 e. The Hall–Kier alpha value is -1.62. The second-order valence-electron chi connectivity index (χ2n) is 3.09. The molecule has 0 atom stereocenters. The van der Waals surface area contributed by atoms with E-state index in [1.165, 1.54) is 0 Å². The van der Waals surface area contributed by atoms with E-state index in [4.69, 9.17) is 10.2 Å². The van der Waals surface area contributed by atoms with Gasteiger partial charge in [-0.05, 0) is 6.92 Å². The summed E-state index contributed by atoms with van der Waals surface area (Å²) in [6.07, 6.45) is 3.43. The first-order chi connectivity index (χ1) is 6.72. The predicted octanol–water partition coefficient (Wildman–Crippen LogP) is 0.842. The number of aryl methyl sites for hydroxylation is 1. The molecule has 5 nitrogen and oxygen atoms in total. The van der Waals surface area contributed by atoms with Gasteiger partial charge in [0.15, 0.2) is 5.76 Å². The number of nitrogens with zero attached hydrogens (tertiary/aromatic N) is 3. The van der Waals surface area contributed by atoms with Crippen LogP contribution in [0.2, 0.25) is 0 Å². The molecular weight excluding hydrogens is 180 g/mol. The van der Waals surface area contributed by atoms with Crippen molar-refractivity contribution in [2.24, 2.45) is 12.8 Å². The summed E-state index contributed by atoms with van der Waals surface area (Å²) < 4.78 is 7.22. The Morgan fingerprint density at radius 3 is 2.79 bits per heavy atom. The molecule has 2 N–H and O–H groups in total. The molecule has 0 unspecified atom stereocenters. The Kier molecular flexibility index (Phi) is 2.09. The molecule has 74 valence electrons. The van der Waals surface area contributed by atoms with Crippen molar-refractivity contribution in [1.82, 2.24) is 14.8 Å². The van der Waals surface area contributed by atoms with Crippen molar-refractivity contribution >= 4 is 0 Å². The molecule has 5 heteroatoms. The summed E-state index contributed by atoms with van der Waals surface area (Å²) in [4.78, 5) is 4.03. The normalized spacial score (nSPS) is 10.8. The van der Waals surface area contributed by atoms with Gasteiger partial charge in [0.2, 0.25) is 5.89 Å². The molecule has 0 bridgehead atoms. The molecule has 2 aromatic heterocycles. The molecule has 2 heterocycles. The zero-order valence-corrected chi connectivity index (χ0v) is 8.19. The molecule has 0 aromatic carbocycles. The molecule has 0 fully saturated rings.